The Kier molecular flexibility index (Phi) is 9.47. The van der Waals surface area contributed by atoms with E-state index in [1.165, 1.54) is 0 Å². The fourth-order valence-electron chi connectivity index (χ4n) is 4.42. The first kappa shape index (κ1) is 26.9. The Morgan fingerprint density at radius 3 is 1.08 bits per heavy atom. The zero-order valence-electron chi connectivity index (χ0n) is 22.8. The summed E-state index contributed by atoms with van der Waals surface area (Å²) >= 11 is 0. The highest BCUT2D eigenvalue weighted by Gasteiger charge is 2.24. The second kappa shape index (κ2) is 13.4. The first-order valence-corrected chi connectivity index (χ1v) is 13.4. The highest BCUT2D eigenvalue weighted by Crippen LogP contribution is 2.35. The van der Waals surface area contributed by atoms with Gasteiger partial charge < -0.3 is 10.6 Å². The van der Waals surface area contributed by atoms with Crippen LogP contribution in [0.25, 0.3) is 0 Å². The second-order valence-corrected chi connectivity index (χ2v) is 9.99. The smallest absolute Gasteiger partial charge is 0.102 e. The summed E-state index contributed by atoms with van der Waals surface area (Å²) < 4.78 is 0. The minimum absolute atomic E-state index is 0.244. The molecule has 0 aliphatic heterocycles. The molecule has 0 unspecified atom stereocenters. The van der Waals surface area contributed by atoms with E-state index < -0.39 is 0 Å². The van der Waals surface area contributed by atoms with Gasteiger partial charge in [-0.05, 0) is 63.1 Å². The van der Waals surface area contributed by atoms with Crippen molar-refractivity contribution in [1.82, 2.24) is 0 Å². The van der Waals surface area contributed by atoms with Crippen molar-refractivity contribution in [3.8, 4) is 0 Å². The monoisotopic (exact) mass is 502 g/mol. The molecular formula is C34H38N4. The minimum atomic E-state index is -0.244. The van der Waals surface area contributed by atoms with E-state index in [0.29, 0.717) is 0 Å². The van der Waals surface area contributed by atoms with Crippen LogP contribution in [0, 0.1) is 0 Å². The largest absolute Gasteiger partial charge is 0.381 e. The Bertz CT molecular complexity index is 1320. The molecule has 0 saturated carbocycles. The average Bonchev–Trinajstić information content (AvgIpc) is 3.27. The van der Waals surface area contributed by atoms with Crippen molar-refractivity contribution >= 4 is 11.4 Å². The van der Waals surface area contributed by atoms with Gasteiger partial charge in [0.1, 0.15) is 12.1 Å². The SMILES string of the molecule is CC(C)Nc1cccccc1=N[C@@H](c1ccccc1)[C@@H](N=c1cccccc1NC(C)C)c1ccccc1. The van der Waals surface area contributed by atoms with Crippen molar-refractivity contribution in [2.75, 3.05) is 10.6 Å². The number of nitrogens with zero attached hydrogens (tertiary/aromatic N) is 2. The van der Waals surface area contributed by atoms with Crippen LogP contribution in [-0.4, -0.2) is 12.1 Å². The summed E-state index contributed by atoms with van der Waals surface area (Å²) in [5.74, 6) is 0. The van der Waals surface area contributed by atoms with E-state index in [2.05, 4.69) is 111 Å². The number of hydrogen-bond donors (Lipinski definition) is 2. The zero-order chi connectivity index (χ0) is 26.7. The van der Waals surface area contributed by atoms with Gasteiger partial charge in [-0.25, -0.2) is 0 Å². The molecule has 4 aromatic carbocycles. The number of nitrogens with one attached hydrogen (secondary N) is 2. The Labute approximate surface area is 226 Å². The lowest BCUT2D eigenvalue weighted by Crippen LogP contribution is -2.21. The van der Waals surface area contributed by atoms with Crippen LogP contribution < -0.4 is 21.3 Å². The van der Waals surface area contributed by atoms with Crippen molar-refractivity contribution < 1.29 is 0 Å². The highest BCUT2D eigenvalue weighted by atomic mass is 15.0. The molecule has 0 radical (unpaired) electrons. The van der Waals surface area contributed by atoms with Crippen LogP contribution >= 0.6 is 0 Å². The normalized spacial score (nSPS) is 13.8. The summed E-state index contributed by atoms with van der Waals surface area (Å²) in [6.07, 6.45) is 0. The molecular weight excluding hydrogens is 464 g/mol. The summed E-state index contributed by atoms with van der Waals surface area (Å²) in [6, 6.07) is 41.7. The van der Waals surface area contributed by atoms with Gasteiger partial charge in [0, 0.05) is 12.1 Å². The molecule has 4 heteroatoms. The Balaban J connectivity index is 2.01. The fraction of sp³-hybridized carbons (Fsp3) is 0.235. The Hall–Kier alpha value is -4.18. The maximum absolute atomic E-state index is 5.42. The third-order valence-electron chi connectivity index (χ3n) is 6.06. The predicted octanol–water partition coefficient (Wildman–Crippen LogP) is 7.31. The maximum Gasteiger partial charge on any atom is 0.102 e. The fourth-order valence-corrected chi connectivity index (χ4v) is 4.42. The summed E-state index contributed by atoms with van der Waals surface area (Å²) in [4.78, 5) is 10.8. The van der Waals surface area contributed by atoms with Crippen LogP contribution in [0.1, 0.15) is 50.9 Å². The number of hydrogen-bond acceptors (Lipinski definition) is 4. The lowest BCUT2D eigenvalue weighted by Gasteiger charge is -2.23. The van der Waals surface area contributed by atoms with E-state index in [0.717, 1.165) is 33.2 Å². The molecule has 0 bridgehead atoms. The Morgan fingerprint density at radius 2 is 0.737 bits per heavy atom. The molecule has 0 aliphatic carbocycles. The molecule has 4 aromatic rings. The van der Waals surface area contributed by atoms with Crippen molar-refractivity contribution in [3.05, 3.63) is 143 Å². The summed E-state index contributed by atoms with van der Waals surface area (Å²) in [7, 11) is 0. The van der Waals surface area contributed by atoms with E-state index in [1.54, 1.807) is 0 Å². The third kappa shape index (κ3) is 7.42. The predicted molar refractivity (Wildman–Crippen MR) is 160 cm³/mol. The van der Waals surface area contributed by atoms with E-state index in [9.17, 15) is 0 Å². The molecule has 0 saturated heterocycles. The van der Waals surface area contributed by atoms with Gasteiger partial charge >= 0.3 is 0 Å². The molecule has 0 fully saturated rings. The van der Waals surface area contributed by atoms with Gasteiger partial charge in [0.25, 0.3) is 0 Å². The van der Waals surface area contributed by atoms with Gasteiger partial charge in [-0.15, -0.1) is 0 Å². The molecule has 0 heterocycles. The van der Waals surface area contributed by atoms with E-state index in [-0.39, 0.29) is 24.2 Å². The van der Waals surface area contributed by atoms with Crippen LogP contribution in [-0.2, 0) is 0 Å². The topological polar surface area (TPSA) is 48.8 Å². The van der Waals surface area contributed by atoms with Crippen LogP contribution in [0.15, 0.2) is 131 Å². The summed E-state index contributed by atoms with van der Waals surface area (Å²) in [5.41, 5.74) is 4.24. The van der Waals surface area contributed by atoms with E-state index in [4.69, 9.17) is 9.98 Å². The van der Waals surface area contributed by atoms with Gasteiger partial charge in [0.15, 0.2) is 0 Å². The molecule has 4 rings (SSSR count). The van der Waals surface area contributed by atoms with Gasteiger partial charge in [0.05, 0.1) is 22.1 Å². The number of benzene rings is 2. The van der Waals surface area contributed by atoms with Crippen LogP contribution in [0.3, 0.4) is 0 Å². The molecule has 0 spiro atoms. The molecule has 2 atom stereocenters. The maximum atomic E-state index is 5.42. The molecule has 0 aliphatic rings. The quantitative estimate of drug-likeness (QED) is 0.252. The number of anilines is 2. The first-order valence-electron chi connectivity index (χ1n) is 13.4. The lowest BCUT2D eigenvalue weighted by atomic mass is 9.94. The van der Waals surface area contributed by atoms with Gasteiger partial charge in [0.2, 0.25) is 0 Å². The van der Waals surface area contributed by atoms with Crippen LogP contribution in [0.2, 0.25) is 0 Å². The first-order chi connectivity index (χ1) is 18.5. The van der Waals surface area contributed by atoms with Crippen molar-refractivity contribution in [1.29, 1.82) is 0 Å². The molecule has 0 aromatic heterocycles. The minimum Gasteiger partial charge on any atom is -0.381 e. The van der Waals surface area contributed by atoms with Crippen molar-refractivity contribution in [2.45, 2.75) is 51.9 Å². The zero-order valence-corrected chi connectivity index (χ0v) is 22.8. The summed E-state index contributed by atoms with van der Waals surface area (Å²) in [5, 5.41) is 8.98. The van der Waals surface area contributed by atoms with Crippen LogP contribution in [0.4, 0.5) is 11.4 Å². The molecule has 4 nitrogen and oxygen atoms in total. The summed E-state index contributed by atoms with van der Waals surface area (Å²) in [6.45, 7) is 8.58. The molecule has 2 N–H and O–H groups in total. The molecule has 0 amide bonds. The van der Waals surface area contributed by atoms with E-state index >= 15 is 0 Å². The average molecular weight is 503 g/mol. The van der Waals surface area contributed by atoms with Crippen molar-refractivity contribution in [3.63, 3.8) is 0 Å². The van der Waals surface area contributed by atoms with Crippen molar-refractivity contribution in [2.24, 2.45) is 9.98 Å². The standard InChI is InChI=1S/C34H38N4/c1-25(2)35-29-21-13-7-15-23-31(29)37-33(27-17-9-5-10-18-27)34(28-19-11-6-12-20-28)38-32-24-16-8-14-22-30(32)36-26(3)4/h5-26,33-34H,1-4H3,(H,35,37)(H,36,38)/t33-,34-/m0/s1. The second-order valence-electron chi connectivity index (χ2n) is 9.99. The lowest BCUT2D eigenvalue weighted by molar-refractivity contribution is 0.557. The third-order valence-corrected chi connectivity index (χ3v) is 6.06. The van der Waals surface area contributed by atoms with Gasteiger partial charge in [-0.3, -0.25) is 9.98 Å². The van der Waals surface area contributed by atoms with Gasteiger partial charge in [-0.2, -0.15) is 0 Å². The Morgan fingerprint density at radius 1 is 0.421 bits per heavy atom. The number of rotatable bonds is 9. The van der Waals surface area contributed by atoms with Crippen LogP contribution in [0.5, 0.6) is 0 Å². The molecule has 194 valence electrons. The molecule has 38 heavy (non-hydrogen) atoms. The van der Waals surface area contributed by atoms with Gasteiger partial charge in [-0.1, -0.05) is 97.1 Å². The van der Waals surface area contributed by atoms with E-state index in [1.807, 2.05) is 48.5 Å². The highest BCUT2D eigenvalue weighted by molar-refractivity contribution is 5.44.